The molecule has 0 radical (unpaired) electrons. The van der Waals surface area contributed by atoms with Crippen LogP contribution >= 0.6 is 0 Å². The standard InChI is InChI=1S/C23H25NO6/c25-14-19-20(26)9-5-10-21(19)30-15-17-7-3-4-13-24(17)23(29)18-8-2-1-6-16(18)11-12-22(27)28/h1-2,5-6,8-10,14,17,26H,3-4,7,11-13,15H2,(H,27,28)/t17-/m0/s1. The molecule has 0 bridgehead atoms. The number of carbonyl (C=O) groups excluding carboxylic acids is 2. The van der Waals surface area contributed by atoms with E-state index >= 15 is 0 Å². The molecule has 7 nitrogen and oxygen atoms in total. The van der Waals surface area contributed by atoms with E-state index in [0.29, 0.717) is 24.0 Å². The SMILES string of the molecule is O=Cc1c(O)cccc1OC[C@@H]1CCCCN1C(=O)c1ccccc1CCC(=O)O. The van der Waals surface area contributed by atoms with Crippen LogP contribution in [0.3, 0.4) is 0 Å². The highest BCUT2D eigenvalue weighted by atomic mass is 16.5. The lowest BCUT2D eigenvalue weighted by Crippen LogP contribution is -2.47. The number of aldehydes is 1. The summed E-state index contributed by atoms with van der Waals surface area (Å²) in [5, 5.41) is 18.8. The first-order valence-electron chi connectivity index (χ1n) is 10.0. The van der Waals surface area contributed by atoms with Crippen molar-refractivity contribution in [3.05, 3.63) is 59.2 Å². The molecule has 2 aromatic rings. The maximum absolute atomic E-state index is 13.3. The molecule has 7 heteroatoms. The zero-order chi connectivity index (χ0) is 21.5. The molecule has 1 amide bonds. The zero-order valence-electron chi connectivity index (χ0n) is 16.6. The number of phenolic OH excluding ortho intramolecular Hbond substituents is 1. The maximum atomic E-state index is 13.3. The smallest absolute Gasteiger partial charge is 0.303 e. The Kier molecular flexibility index (Phi) is 7.06. The molecule has 0 aliphatic carbocycles. The first kappa shape index (κ1) is 21.4. The third-order valence-corrected chi connectivity index (χ3v) is 5.34. The highest BCUT2D eigenvalue weighted by molar-refractivity contribution is 5.96. The van der Waals surface area contributed by atoms with E-state index in [0.717, 1.165) is 19.3 Å². The third-order valence-electron chi connectivity index (χ3n) is 5.34. The number of aliphatic carboxylic acids is 1. The van der Waals surface area contributed by atoms with Gasteiger partial charge in [0.05, 0.1) is 11.6 Å². The van der Waals surface area contributed by atoms with E-state index in [-0.39, 0.29) is 48.5 Å². The van der Waals surface area contributed by atoms with Crippen LogP contribution in [0.25, 0.3) is 0 Å². The van der Waals surface area contributed by atoms with Gasteiger partial charge in [-0.3, -0.25) is 14.4 Å². The minimum atomic E-state index is -0.904. The van der Waals surface area contributed by atoms with Gasteiger partial charge in [0.25, 0.3) is 5.91 Å². The van der Waals surface area contributed by atoms with Crippen molar-refractivity contribution >= 4 is 18.2 Å². The Morgan fingerprint density at radius 1 is 1.13 bits per heavy atom. The van der Waals surface area contributed by atoms with Gasteiger partial charge in [0, 0.05) is 18.5 Å². The number of rotatable bonds is 8. The zero-order valence-corrected chi connectivity index (χ0v) is 16.6. The molecule has 1 aliphatic heterocycles. The Morgan fingerprint density at radius 3 is 2.70 bits per heavy atom. The summed E-state index contributed by atoms with van der Waals surface area (Å²) in [7, 11) is 0. The van der Waals surface area contributed by atoms with Crippen molar-refractivity contribution in [1.82, 2.24) is 4.90 Å². The number of amides is 1. The van der Waals surface area contributed by atoms with Crippen LogP contribution in [0.4, 0.5) is 0 Å². The monoisotopic (exact) mass is 411 g/mol. The minimum Gasteiger partial charge on any atom is -0.507 e. The number of phenols is 1. The molecular formula is C23H25NO6. The predicted molar refractivity (Wildman–Crippen MR) is 110 cm³/mol. The van der Waals surface area contributed by atoms with Crippen LogP contribution in [0.5, 0.6) is 11.5 Å². The summed E-state index contributed by atoms with van der Waals surface area (Å²) >= 11 is 0. The van der Waals surface area contributed by atoms with Gasteiger partial charge in [0.1, 0.15) is 18.1 Å². The highest BCUT2D eigenvalue weighted by Crippen LogP contribution is 2.27. The average Bonchev–Trinajstić information content (AvgIpc) is 2.76. The second-order valence-corrected chi connectivity index (χ2v) is 7.32. The molecule has 2 N–H and O–H groups in total. The number of aromatic hydroxyl groups is 1. The maximum Gasteiger partial charge on any atom is 0.303 e. The summed E-state index contributed by atoms with van der Waals surface area (Å²) in [6.07, 6.45) is 3.40. The molecule has 30 heavy (non-hydrogen) atoms. The van der Waals surface area contributed by atoms with Crippen LogP contribution in [0.1, 0.15) is 52.0 Å². The van der Waals surface area contributed by atoms with Crippen molar-refractivity contribution in [1.29, 1.82) is 0 Å². The van der Waals surface area contributed by atoms with Gasteiger partial charge in [-0.2, -0.15) is 0 Å². The molecule has 2 aromatic carbocycles. The third kappa shape index (κ3) is 4.97. The Hall–Kier alpha value is -3.35. The fourth-order valence-electron chi connectivity index (χ4n) is 3.75. The van der Waals surface area contributed by atoms with E-state index in [1.807, 2.05) is 0 Å². The predicted octanol–water partition coefficient (Wildman–Crippen LogP) is 3.30. The van der Waals surface area contributed by atoms with Gasteiger partial charge >= 0.3 is 5.97 Å². The number of hydrogen-bond acceptors (Lipinski definition) is 5. The topological polar surface area (TPSA) is 104 Å². The largest absolute Gasteiger partial charge is 0.507 e. The van der Waals surface area contributed by atoms with Gasteiger partial charge < -0.3 is 19.8 Å². The van der Waals surface area contributed by atoms with Crippen molar-refractivity contribution in [3.8, 4) is 11.5 Å². The highest BCUT2D eigenvalue weighted by Gasteiger charge is 2.29. The summed E-state index contributed by atoms with van der Waals surface area (Å²) < 4.78 is 5.81. The Morgan fingerprint density at radius 2 is 1.93 bits per heavy atom. The number of hydrogen-bond donors (Lipinski definition) is 2. The van der Waals surface area contributed by atoms with Crippen molar-refractivity contribution in [3.63, 3.8) is 0 Å². The summed E-state index contributed by atoms with van der Waals surface area (Å²) in [5.41, 5.74) is 1.31. The minimum absolute atomic E-state index is 0.0389. The number of piperidine rings is 1. The van der Waals surface area contributed by atoms with E-state index < -0.39 is 5.97 Å². The van der Waals surface area contributed by atoms with Crippen molar-refractivity contribution in [2.45, 2.75) is 38.1 Å². The molecule has 1 fully saturated rings. The number of ether oxygens (including phenoxy) is 1. The molecule has 3 rings (SSSR count). The normalized spacial score (nSPS) is 16.1. The summed E-state index contributed by atoms with van der Waals surface area (Å²) in [4.78, 5) is 37.3. The second kappa shape index (κ2) is 9.91. The van der Waals surface area contributed by atoms with E-state index in [1.165, 1.54) is 6.07 Å². The van der Waals surface area contributed by atoms with Crippen molar-refractivity contribution in [2.75, 3.05) is 13.2 Å². The molecule has 1 atom stereocenters. The number of benzene rings is 2. The summed E-state index contributed by atoms with van der Waals surface area (Å²) in [5.74, 6) is -0.911. The molecule has 1 aliphatic rings. The number of carboxylic acid groups (broad SMARTS) is 1. The number of nitrogens with zero attached hydrogens (tertiary/aromatic N) is 1. The molecule has 1 heterocycles. The van der Waals surface area contributed by atoms with Gasteiger partial charge in [0.15, 0.2) is 6.29 Å². The van der Waals surface area contributed by atoms with Crippen molar-refractivity contribution in [2.24, 2.45) is 0 Å². The van der Waals surface area contributed by atoms with Crippen LogP contribution in [0.15, 0.2) is 42.5 Å². The number of carbonyl (C=O) groups is 3. The average molecular weight is 411 g/mol. The van der Waals surface area contributed by atoms with Crippen LogP contribution in [-0.2, 0) is 11.2 Å². The quantitative estimate of drug-likeness (QED) is 0.646. The van der Waals surface area contributed by atoms with Gasteiger partial charge in [0.2, 0.25) is 0 Å². The van der Waals surface area contributed by atoms with Crippen LogP contribution in [0.2, 0.25) is 0 Å². The van der Waals surface area contributed by atoms with E-state index in [1.54, 1.807) is 41.3 Å². The molecular weight excluding hydrogens is 386 g/mol. The summed E-state index contributed by atoms with van der Waals surface area (Å²) in [6.45, 7) is 0.786. The first-order valence-corrected chi connectivity index (χ1v) is 10.0. The van der Waals surface area contributed by atoms with Gasteiger partial charge in [-0.25, -0.2) is 0 Å². The Balaban J connectivity index is 1.76. The van der Waals surface area contributed by atoms with Gasteiger partial charge in [-0.05, 0) is 49.4 Å². The fourth-order valence-corrected chi connectivity index (χ4v) is 3.75. The Bertz CT molecular complexity index is 926. The van der Waals surface area contributed by atoms with E-state index in [2.05, 4.69) is 0 Å². The van der Waals surface area contributed by atoms with E-state index in [4.69, 9.17) is 9.84 Å². The molecule has 0 unspecified atom stereocenters. The van der Waals surface area contributed by atoms with Crippen LogP contribution < -0.4 is 4.74 Å². The fraction of sp³-hybridized carbons (Fsp3) is 0.348. The lowest BCUT2D eigenvalue weighted by atomic mass is 9.98. The van der Waals surface area contributed by atoms with Crippen LogP contribution in [-0.4, -0.2) is 52.5 Å². The number of aryl methyl sites for hydroxylation is 1. The van der Waals surface area contributed by atoms with Gasteiger partial charge in [-0.1, -0.05) is 24.3 Å². The number of likely N-dealkylation sites (tertiary alicyclic amines) is 1. The van der Waals surface area contributed by atoms with Crippen LogP contribution in [0, 0.1) is 0 Å². The second-order valence-electron chi connectivity index (χ2n) is 7.32. The first-order chi connectivity index (χ1) is 14.5. The lowest BCUT2D eigenvalue weighted by molar-refractivity contribution is -0.136. The Labute approximate surface area is 174 Å². The van der Waals surface area contributed by atoms with E-state index in [9.17, 15) is 19.5 Å². The molecule has 0 aromatic heterocycles. The molecule has 0 spiro atoms. The number of carboxylic acids is 1. The molecule has 158 valence electrons. The summed E-state index contributed by atoms with van der Waals surface area (Å²) in [6, 6.07) is 11.5. The van der Waals surface area contributed by atoms with Gasteiger partial charge in [-0.15, -0.1) is 0 Å². The van der Waals surface area contributed by atoms with Crippen molar-refractivity contribution < 1.29 is 29.3 Å². The molecule has 1 saturated heterocycles. The lowest BCUT2D eigenvalue weighted by Gasteiger charge is -2.36. The molecule has 0 saturated carbocycles.